The average molecular weight is 298 g/mol. The van der Waals surface area contributed by atoms with Gasteiger partial charge in [0, 0.05) is 24.5 Å². The van der Waals surface area contributed by atoms with Crippen LogP contribution >= 0.6 is 0 Å². The summed E-state index contributed by atoms with van der Waals surface area (Å²) in [6.07, 6.45) is 6.58. The summed E-state index contributed by atoms with van der Waals surface area (Å²) in [5.41, 5.74) is 3.30. The lowest BCUT2D eigenvalue weighted by Crippen LogP contribution is -2.65. The SMILES string of the molecule is Oc1ccc2c(c1)C13CCNC[C@H]1[C@@H](C2)N(CC1CC1)CC3. The molecule has 2 aliphatic carbocycles. The van der Waals surface area contributed by atoms with Gasteiger partial charge in [0.05, 0.1) is 0 Å². The highest BCUT2D eigenvalue weighted by Crippen LogP contribution is 2.53. The van der Waals surface area contributed by atoms with Gasteiger partial charge in [-0.15, -0.1) is 0 Å². The fourth-order valence-electron chi connectivity index (χ4n) is 5.56. The van der Waals surface area contributed by atoms with Crippen molar-refractivity contribution < 1.29 is 5.11 Å². The predicted molar refractivity (Wildman–Crippen MR) is 87.2 cm³/mol. The van der Waals surface area contributed by atoms with Gasteiger partial charge in [-0.1, -0.05) is 6.07 Å². The number of rotatable bonds is 2. The molecule has 0 radical (unpaired) electrons. The number of aromatic hydroxyl groups is 1. The number of phenolic OH excluding ortho intramolecular Hbond substituents is 1. The molecule has 0 spiro atoms. The minimum absolute atomic E-state index is 0.322. The molecule has 3 heteroatoms. The highest BCUT2D eigenvalue weighted by Gasteiger charge is 2.54. The maximum atomic E-state index is 10.0. The molecule has 2 saturated heterocycles. The normalized spacial score (nSPS) is 37.5. The third-order valence-electron chi connectivity index (χ3n) is 6.85. The van der Waals surface area contributed by atoms with Crippen molar-refractivity contribution in [3.63, 3.8) is 0 Å². The lowest BCUT2D eigenvalue weighted by Gasteiger charge is -2.59. The molecule has 1 saturated carbocycles. The lowest BCUT2D eigenvalue weighted by atomic mass is 9.55. The van der Waals surface area contributed by atoms with E-state index in [9.17, 15) is 5.11 Å². The molecule has 3 atom stereocenters. The van der Waals surface area contributed by atoms with E-state index in [0.717, 1.165) is 24.9 Å². The van der Waals surface area contributed by atoms with E-state index in [0.29, 0.717) is 17.2 Å². The van der Waals surface area contributed by atoms with Gasteiger partial charge in [0.1, 0.15) is 5.75 Å². The minimum atomic E-state index is 0.322. The molecule has 3 fully saturated rings. The zero-order chi connectivity index (χ0) is 14.7. The monoisotopic (exact) mass is 298 g/mol. The lowest BCUT2D eigenvalue weighted by molar-refractivity contribution is -0.00557. The van der Waals surface area contributed by atoms with Crippen molar-refractivity contribution in [3.05, 3.63) is 29.3 Å². The molecular weight excluding hydrogens is 272 g/mol. The van der Waals surface area contributed by atoms with Gasteiger partial charge in [-0.05, 0) is 80.3 Å². The Hall–Kier alpha value is -1.06. The average Bonchev–Trinajstić information content (AvgIpc) is 3.35. The van der Waals surface area contributed by atoms with E-state index in [-0.39, 0.29) is 0 Å². The molecule has 0 amide bonds. The zero-order valence-electron chi connectivity index (χ0n) is 13.2. The molecule has 1 aromatic rings. The number of piperidine rings is 2. The largest absolute Gasteiger partial charge is 0.508 e. The Bertz CT molecular complexity index is 597. The third-order valence-corrected chi connectivity index (χ3v) is 6.85. The van der Waals surface area contributed by atoms with Crippen molar-refractivity contribution in [2.24, 2.45) is 11.8 Å². The topological polar surface area (TPSA) is 35.5 Å². The summed E-state index contributed by atoms with van der Waals surface area (Å²) >= 11 is 0. The minimum Gasteiger partial charge on any atom is -0.508 e. The molecule has 3 nitrogen and oxygen atoms in total. The molecule has 1 aromatic carbocycles. The molecule has 5 rings (SSSR count). The van der Waals surface area contributed by atoms with E-state index < -0.39 is 0 Å². The number of nitrogens with zero attached hydrogens (tertiary/aromatic N) is 1. The van der Waals surface area contributed by atoms with Crippen LogP contribution in [0.4, 0.5) is 0 Å². The Labute approximate surface area is 132 Å². The van der Waals surface area contributed by atoms with Gasteiger partial charge in [-0.2, -0.15) is 0 Å². The Morgan fingerprint density at radius 1 is 1.27 bits per heavy atom. The van der Waals surface area contributed by atoms with Crippen molar-refractivity contribution in [1.82, 2.24) is 10.2 Å². The van der Waals surface area contributed by atoms with Crippen LogP contribution in [-0.2, 0) is 11.8 Å². The molecule has 22 heavy (non-hydrogen) atoms. The van der Waals surface area contributed by atoms with Crippen molar-refractivity contribution in [2.45, 2.75) is 43.6 Å². The number of phenols is 1. The number of likely N-dealkylation sites (tertiary alicyclic amines) is 1. The standard InChI is InChI=1S/C19H26N2O/c22-15-4-3-14-9-18-17-11-20-7-5-19(17,16(14)10-15)6-8-21(18)12-13-1-2-13/h3-4,10,13,17-18,20,22H,1-2,5-9,11-12H2/t17-,18+,19?/m0/s1. The maximum absolute atomic E-state index is 10.0. The van der Waals surface area contributed by atoms with Crippen molar-refractivity contribution in [2.75, 3.05) is 26.2 Å². The summed E-state index contributed by atoms with van der Waals surface area (Å²) in [5, 5.41) is 13.7. The predicted octanol–water partition coefficient (Wildman–Crippen LogP) is 2.28. The Morgan fingerprint density at radius 3 is 3.05 bits per heavy atom. The van der Waals surface area contributed by atoms with Gasteiger partial charge in [0.25, 0.3) is 0 Å². The summed E-state index contributed by atoms with van der Waals surface area (Å²) in [6, 6.07) is 6.87. The van der Waals surface area contributed by atoms with Crippen LogP contribution in [0, 0.1) is 11.8 Å². The molecule has 118 valence electrons. The van der Waals surface area contributed by atoms with Gasteiger partial charge >= 0.3 is 0 Å². The number of fused-ring (bicyclic) bond motifs is 1. The first kappa shape index (κ1) is 13.4. The fourth-order valence-corrected chi connectivity index (χ4v) is 5.56. The molecular formula is C19H26N2O. The quantitative estimate of drug-likeness (QED) is 0.879. The smallest absolute Gasteiger partial charge is 0.115 e. The van der Waals surface area contributed by atoms with Crippen LogP contribution in [0.5, 0.6) is 5.75 Å². The third kappa shape index (κ3) is 1.88. The second kappa shape index (κ2) is 4.72. The number of benzene rings is 1. The maximum Gasteiger partial charge on any atom is 0.115 e. The zero-order valence-corrected chi connectivity index (χ0v) is 13.2. The first-order chi connectivity index (χ1) is 10.8. The first-order valence-electron chi connectivity index (χ1n) is 9.03. The fraction of sp³-hybridized carbons (Fsp3) is 0.684. The van der Waals surface area contributed by atoms with Crippen molar-refractivity contribution in [1.29, 1.82) is 0 Å². The number of hydrogen-bond donors (Lipinski definition) is 2. The Balaban J connectivity index is 1.58. The summed E-state index contributed by atoms with van der Waals surface area (Å²) in [4.78, 5) is 2.81. The second-order valence-corrected chi connectivity index (χ2v) is 8.02. The Kier molecular flexibility index (Phi) is 2.87. The second-order valence-electron chi connectivity index (χ2n) is 8.02. The van der Waals surface area contributed by atoms with Crippen LogP contribution in [0.3, 0.4) is 0 Å². The van der Waals surface area contributed by atoms with Gasteiger partial charge < -0.3 is 10.4 Å². The molecule has 1 unspecified atom stereocenters. The molecule has 4 aliphatic rings. The van der Waals surface area contributed by atoms with E-state index >= 15 is 0 Å². The highest BCUT2D eigenvalue weighted by molar-refractivity contribution is 5.45. The van der Waals surface area contributed by atoms with E-state index in [1.165, 1.54) is 56.3 Å². The highest BCUT2D eigenvalue weighted by atomic mass is 16.3. The van der Waals surface area contributed by atoms with Crippen molar-refractivity contribution in [3.8, 4) is 5.75 Å². The van der Waals surface area contributed by atoms with Gasteiger partial charge in [-0.3, -0.25) is 4.90 Å². The van der Waals surface area contributed by atoms with Crippen LogP contribution in [0.25, 0.3) is 0 Å². The Morgan fingerprint density at radius 2 is 2.18 bits per heavy atom. The van der Waals surface area contributed by atoms with Crippen LogP contribution in [0.1, 0.15) is 36.8 Å². The van der Waals surface area contributed by atoms with E-state index in [2.05, 4.69) is 22.3 Å². The van der Waals surface area contributed by atoms with Gasteiger partial charge in [0.2, 0.25) is 0 Å². The molecule has 2 N–H and O–H groups in total. The van der Waals surface area contributed by atoms with Crippen LogP contribution in [0.15, 0.2) is 18.2 Å². The number of nitrogens with one attached hydrogen (secondary N) is 1. The summed E-state index contributed by atoms with van der Waals surface area (Å²) in [5.74, 6) is 2.15. The molecule has 2 aliphatic heterocycles. The molecule has 2 heterocycles. The number of hydrogen-bond acceptors (Lipinski definition) is 3. The summed E-state index contributed by atoms with van der Waals surface area (Å²) in [7, 11) is 0. The van der Waals surface area contributed by atoms with Crippen LogP contribution in [-0.4, -0.2) is 42.2 Å². The van der Waals surface area contributed by atoms with Gasteiger partial charge in [-0.25, -0.2) is 0 Å². The summed E-state index contributed by atoms with van der Waals surface area (Å²) < 4.78 is 0. The summed E-state index contributed by atoms with van der Waals surface area (Å²) in [6.45, 7) is 4.86. The van der Waals surface area contributed by atoms with Crippen LogP contribution < -0.4 is 5.32 Å². The molecule has 2 bridgehead atoms. The van der Waals surface area contributed by atoms with E-state index in [1.807, 2.05) is 6.07 Å². The van der Waals surface area contributed by atoms with Crippen molar-refractivity contribution >= 4 is 0 Å². The van der Waals surface area contributed by atoms with Gasteiger partial charge in [0.15, 0.2) is 0 Å². The van der Waals surface area contributed by atoms with E-state index in [1.54, 1.807) is 0 Å². The first-order valence-corrected chi connectivity index (χ1v) is 9.03. The van der Waals surface area contributed by atoms with Crippen LogP contribution in [0.2, 0.25) is 0 Å². The van der Waals surface area contributed by atoms with E-state index in [4.69, 9.17) is 0 Å². The molecule has 0 aromatic heterocycles.